The molecule has 0 radical (unpaired) electrons. The van der Waals surface area contributed by atoms with Gasteiger partial charge in [-0.3, -0.25) is 9.59 Å². The van der Waals surface area contributed by atoms with Gasteiger partial charge in [-0.1, -0.05) is 169 Å². The third kappa shape index (κ3) is 27.8. The van der Waals surface area contributed by atoms with E-state index in [1.807, 2.05) is 0 Å². The highest BCUT2D eigenvalue weighted by molar-refractivity contribution is 5.70. The zero-order chi connectivity index (χ0) is 30.9. The van der Waals surface area contributed by atoms with Crippen LogP contribution < -0.4 is 0 Å². The van der Waals surface area contributed by atoms with Crippen LogP contribution in [0.15, 0.2) is 0 Å². The van der Waals surface area contributed by atoms with Crippen molar-refractivity contribution in [1.29, 1.82) is 0 Å². The lowest BCUT2D eigenvalue weighted by Crippen LogP contribution is -2.35. The zero-order valence-electron chi connectivity index (χ0n) is 29.0. The van der Waals surface area contributed by atoms with Gasteiger partial charge < -0.3 is 9.47 Å². The number of carbonyl (C=O) groups excluding carboxylic acids is 2. The van der Waals surface area contributed by atoms with Crippen LogP contribution in [0.2, 0.25) is 0 Å². The Bertz CT molecular complexity index is 525. The Balaban J connectivity index is 4.76. The van der Waals surface area contributed by atoms with Crippen LogP contribution >= 0.6 is 0 Å². The van der Waals surface area contributed by atoms with E-state index in [1.54, 1.807) is 0 Å². The molecule has 2 atom stereocenters. The summed E-state index contributed by atoms with van der Waals surface area (Å²) in [5.41, 5.74) is 0. The van der Waals surface area contributed by atoms with Crippen molar-refractivity contribution in [2.45, 2.75) is 233 Å². The van der Waals surface area contributed by atoms with Crippen molar-refractivity contribution in [2.75, 3.05) is 0 Å². The average Bonchev–Trinajstić information content (AvgIpc) is 2.98. The fraction of sp³-hybridized carbons (Fsp3) is 0.947. The number of hydrogen-bond acceptors (Lipinski definition) is 4. The first-order valence-corrected chi connectivity index (χ1v) is 19.0. The molecule has 0 fully saturated rings. The number of carbonyl (C=O) groups is 2. The molecular formula is C38H74O4. The predicted molar refractivity (Wildman–Crippen MR) is 181 cm³/mol. The fourth-order valence-corrected chi connectivity index (χ4v) is 5.80. The molecule has 0 bridgehead atoms. The molecule has 0 aliphatic carbocycles. The molecule has 0 saturated heterocycles. The Morgan fingerprint density at radius 3 is 0.881 bits per heavy atom. The lowest BCUT2D eigenvalue weighted by atomic mass is 9.99. The molecular weight excluding hydrogens is 520 g/mol. The quantitative estimate of drug-likeness (QED) is 0.0560. The Kier molecular flexibility index (Phi) is 32.0. The molecule has 0 amide bonds. The first-order chi connectivity index (χ1) is 20.6. The highest BCUT2D eigenvalue weighted by Crippen LogP contribution is 2.22. The normalized spacial score (nSPS) is 12.8. The molecule has 0 N–H and O–H groups in total. The first kappa shape index (κ1) is 40.9. The van der Waals surface area contributed by atoms with Crippen LogP contribution in [-0.4, -0.2) is 24.1 Å². The van der Waals surface area contributed by atoms with Gasteiger partial charge in [0.2, 0.25) is 0 Å². The highest BCUT2D eigenvalue weighted by Gasteiger charge is 2.28. The Hall–Kier alpha value is -1.06. The number of rotatable bonds is 33. The van der Waals surface area contributed by atoms with Crippen molar-refractivity contribution in [2.24, 2.45) is 0 Å². The molecule has 0 aromatic carbocycles. The van der Waals surface area contributed by atoms with Crippen molar-refractivity contribution in [1.82, 2.24) is 0 Å². The third-order valence-electron chi connectivity index (χ3n) is 8.63. The van der Waals surface area contributed by atoms with Gasteiger partial charge in [0, 0.05) is 12.8 Å². The maximum atomic E-state index is 12.9. The summed E-state index contributed by atoms with van der Waals surface area (Å²) in [7, 11) is 0. The molecule has 0 spiro atoms. The smallest absolute Gasteiger partial charge is 0.306 e. The molecule has 4 heteroatoms. The van der Waals surface area contributed by atoms with Crippen molar-refractivity contribution >= 4 is 11.9 Å². The summed E-state index contributed by atoms with van der Waals surface area (Å²) in [6.45, 7) is 8.94. The van der Waals surface area contributed by atoms with Crippen LogP contribution in [0.25, 0.3) is 0 Å². The van der Waals surface area contributed by atoms with Crippen LogP contribution in [0.4, 0.5) is 0 Å². The van der Waals surface area contributed by atoms with Gasteiger partial charge in [-0.15, -0.1) is 0 Å². The van der Waals surface area contributed by atoms with Gasteiger partial charge in [-0.05, 0) is 38.5 Å². The second-order valence-corrected chi connectivity index (χ2v) is 12.9. The fourth-order valence-electron chi connectivity index (χ4n) is 5.80. The van der Waals surface area contributed by atoms with Gasteiger partial charge >= 0.3 is 11.9 Å². The SMILES string of the molecule is CCCCCCCCCCCC(=O)OC(CCCCCC)C(CCCCCC)OC(=O)CCCCCCCCCCC. The van der Waals surface area contributed by atoms with E-state index >= 15 is 0 Å². The number of unbranched alkanes of at least 4 members (excludes halogenated alkanes) is 22. The van der Waals surface area contributed by atoms with Gasteiger partial charge in [-0.2, -0.15) is 0 Å². The van der Waals surface area contributed by atoms with E-state index in [0.717, 1.165) is 64.2 Å². The average molecular weight is 595 g/mol. The van der Waals surface area contributed by atoms with Crippen molar-refractivity contribution in [3.63, 3.8) is 0 Å². The lowest BCUT2D eigenvalue weighted by molar-refractivity contribution is -0.169. The zero-order valence-corrected chi connectivity index (χ0v) is 29.0. The second-order valence-electron chi connectivity index (χ2n) is 12.9. The van der Waals surface area contributed by atoms with Gasteiger partial charge in [0.1, 0.15) is 12.2 Å². The van der Waals surface area contributed by atoms with Crippen molar-refractivity contribution < 1.29 is 19.1 Å². The van der Waals surface area contributed by atoms with Gasteiger partial charge in [0.25, 0.3) is 0 Å². The van der Waals surface area contributed by atoms with Crippen molar-refractivity contribution in [3.05, 3.63) is 0 Å². The minimum atomic E-state index is -0.304. The number of ether oxygens (including phenoxy) is 2. The van der Waals surface area contributed by atoms with E-state index in [2.05, 4.69) is 27.7 Å². The minimum absolute atomic E-state index is 0.105. The molecule has 0 rings (SSSR count). The molecule has 0 aromatic heterocycles. The van der Waals surface area contributed by atoms with Gasteiger partial charge in [0.15, 0.2) is 0 Å². The van der Waals surface area contributed by atoms with Gasteiger partial charge in [-0.25, -0.2) is 0 Å². The van der Waals surface area contributed by atoms with Crippen LogP contribution in [0.1, 0.15) is 220 Å². The topological polar surface area (TPSA) is 52.6 Å². The standard InChI is InChI=1S/C38H74O4/c1-5-9-13-17-19-21-23-25-29-33-37(39)41-35(31-27-15-11-7-3)36(32-28-16-12-8-4)42-38(40)34-30-26-24-22-20-18-14-10-6-2/h35-36H,5-34H2,1-4H3. The van der Waals surface area contributed by atoms with E-state index in [-0.39, 0.29) is 24.1 Å². The number of hydrogen-bond donors (Lipinski definition) is 0. The van der Waals surface area contributed by atoms with E-state index in [9.17, 15) is 9.59 Å². The van der Waals surface area contributed by atoms with Crippen LogP contribution in [0, 0.1) is 0 Å². The maximum absolute atomic E-state index is 12.9. The molecule has 42 heavy (non-hydrogen) atoms. The molecule has 250 valence electrons. The van der Waals surface area contributed by atoms with Crippen molar-refractivity contribution in [3.8, 4) is 0 Å². The molecule has 0 saturated carbocycles. The largest absolute Gasteiger partial charge is 0.458 e. The summed E-state index contributed by atoms with van der Waals surface area (Å²) in [5.74, 6) is -0.209. The third-order valence-corrected chi connectivity index (χ3v) is 8.63. The summed E-state index contributed by atoms with van der Waals surface area (Å²) in [4.78, 5) is 25.8. The maximum Gasteiger partial charge on any atom is 0.306 e. The molecule has 4 nitrogen and oxygen atoms in total. The minimum Gasteiger partial charge on any atom is -0.458 e. The molecule has 0 aromatic rings. The van der Waals surface area contributed by atoms with Crippen LogP contribution in [-0.2, 0) is 19.1 Å². The van der Waals surface area contributed by atoms with E-state index < -0.39 is 0 Å². The Morgan fingerprint density at radius 1 is 0.357 bits per heavy atom. The van der Waals surface area contributed by atoms with E-state index in [1.165, 1.54) is 116 Å². The Morgan fingerprint density at radius 2 is 0.595 bits per heavy atom. The summed E-state index contributed by atoms with van der Waals surface area (Å²) in [6.07, 6.45) is 33.2. The summed E-state index contributed by atoms with van der Waals surface area (Å²) < 4.78 is 12.2. The molecule has 0 heterocycles. The second kappa shape index (κ2) is 32.8. The predicted octanol–water partition coefficient (Wildman–Crippen LogP) is 12.6. The summed E-state index contributed by atoms with van der Waals surface area (Å²) in [6, 6.07) is 0. The molecule has 0 aliphatic rings. The lowest BCUT2D eigenvalue weighted by Gasteiger charge is -2.27. The first-order valence-electron chi connectivity index (χ1n) is 19.0. The summed E-state index contributed by atoms with van der Waals surface area (Å²) >= 11 is 0. The number of esters is 2. The summed E-state index contributed by atoms with van der Waals surface area (Å²) in [5, 5.41) is 0. The van der Waals surface area contributed by atoms with E-state index in [0.29, 0.717) is 12.8 Å². The van der Waals surface area contributed by atoms with Crippen LogP contribution in [0.5, 0.6) is 0 Å². The van der Waals surface area contributed by atoms with Crippen LogP contribution in [0.3, 0.4) is 0 Å². The van der Waals surface area contributed by atoms with Gasteiger partial charge in [0.05, 0.1) is 0 Å². The molecule has 2 unspecified atom stereocenters. The Labute approximate surface area is 263 Å². The molecule has 0 aliphatic heterocycles. The highest BCUT2D eigenvalue weighted by atomic mass is 16.6. The monoisotopic (exact) mass is 595 g/mol. The van der Waals surface area contributed by atoms with E-state index in [4.69, 9.17) is 9.47 Å².